The van der Waals surface area contributed by atoms with Crippen LogP contribution in [0.25, 0.3) is 11.4 Å². The number of primary amides is 1. The first-order valence-electron chi connectivity index (χ1n) is 48.5. The summed E-state index contributed by atoms with van der Waals surface area (Å²) in [6.07, 6.45) is 12.5. The molecular formula is C113H168FN12O7P3. The van der Waals surface area contributed by atoms with E-state index < -0.39 is 21.4 Å². The number of aryl methyl sites for hydroxylation is 1. The van der Waals surface area contributed by atoms with Gasteiger partial charge in [0.1, 0.15) is 30.6 Å². The molecule has 1 saturated carbocycles. The van der Waals surface area contributed by atoms with Gasteiger partial charge in [0.25, 0.3) is 0 Å². The molecular weight excluding hydrogens is 1750 g/mol. The Hall–Kier alpha value is -9.12. The summed E-state index contributed by atoms with van der Waals surface area (Å²) in [5.74, 6) is 2.15. The maximum Gasteiger partial charge on any atom is 0.248 e. The minimum atomic E-state index is -2.21. The van der Waals surface area contributed by atoms with Crippen LogP contribution < -0.4 is 35.6 Å². The van der Waals surface area contributed by atoms with Gasteiger partial charge in [0.05, 0.1) is 34.3 Å². The van der Waals surface area contributed by atoms with Gasteiger partial charge in [-0.05, 0) is 249 Å². The molecule has 0 unspecified atom stereocenters. The average Bonchev–Trinajstić information content (AvgIpc) is 1.13. The van der Waals surface area contributed by atoms with E-state index in [2.05, 4.69) is 316 Å². The van der Waals surface area contributed by atoms with Gasteiger partial charge in [-0.25, -0.2) is 9.37 Å². The van der Waals surface area contributed by atoms with Crippen LogP contribution in [-0.4, -0.2) is 183 Å². The van der Waals surface area contributed by atoms with E-state index in [-0.39, 0.29) is 61.0 Å². The highest BCUT2D eigenvalue weighted by atomic mass is 31.2. The lowest BCUT2D eigenvalue weighted by atomic mass is 9.86. The number of hydrogen-bond acceptors (Lipinski definition) is 15. The summed E-state index contributed by atoms with van der Waals surface area (Å²) in [4.78, 5) is 36.0. The summed E-state index contributed by atoms with van der Waals surface area (Å²) in [6, 6.07) is 60.2. The number of anilines is 2. The molecule has 8 aromatic carbocycles. The minimum Gasteiger partial charge on any atom is -0.496 e. The zero-order valence-corrected chi connectivity index (χ0v) is 91.5. The number of hydrogen-bond donors (Lipinski definition) is 3. The second kappa shape index (κ2) is 48.6. The number of piperazine rings is 2. The second-order valence-corrected chi connectivity index (χ2v) is 56.8. The van der Waals surface area contributed by atoms with Crippen LogP contribution >= 0.6 is 21.4 Å². The van der Waals surface area contributed by atoms with Crippen molar-refractivity contribution in [2.24, 2.45) is 5.73 Å². The molecule has 5 heterocycles. The van der Waals surface area contributed by atoms with Gasteiger partial charge in [-0.2, -0.15) is 5.21 Å². The summed E-state index contributed by atoms with van der Waals surface area (Å²) in [5, 5.41) is 17.9. The van der Waals surface area contributed by atoms with Crippen molar-refractivity contribution in [3.63, 3.8) is 0 Å². The summed E-state index contributed by atoms with van der Waals surface area (Å²) in [7, 11) is -4.40. The van der Waals surface area contributed by atoms with Gasteiger partial charge in [-0.3, -0.25) is 14.5 Å². The number of carbonyl (C=O) groups is 2. The molecule has 0 spiro atoms. The first-order chi connectivity index (χ1) is 62.8. The third kappa shape index (κ3) is 38.9. The Morgan fingerprint density at radius 3 is 1.50 bits per heavy atom. The van der Waals surface area contributed by atoms with E-state index in [0.717, 1.165) is 108 Å². The molecule has 2 aromatic heterocycles. The number of nitrogens with zero attached hydrogens (tertiary/aromatic N) is 9. The highest BCUT2D eigenvalue weighted by Gasteiger charge is 2.34. The molecule has 744 valence electrons. The van der Waals surface area contributed by atoms with Crippen molar-refractivity contribution in [1.29, 1.82) is 0 Å². The molecule has 3 saturated heterocycles. The molecule has 4 aliphatic rings. The quantitative estimate of drug-likeness (QED) is 0.0765. The highest BCUT2D eigenvalue weighted by Crippen LogP contribution is 2.43. The van der Waals surface area contributed by atoms with Crippen molar-refractivity contribution < 1.29 is 37.1 Å². The summed E-state index contributed by atoms with van der Waals surface area (Å²) in [5.41, 5.74) is 23.4. The lowest BCUT2D eigenvalue weighted by Gasteiger charge is -2.36. The topological polar surface area (TPSA) is 227 Å². The number of carbonyl (C=O) groups excluding carboxylic acids is 2. The highest BCUT2D eigenvalue weighted by molar-refractivity contribution is 7.70. The zero-order chi connectivity index (χ0) is 102. The minimum absolute atomic E-state index is 0.0359. The Balaban J connectivity index is 0.000000213. The molecule has 4 N–H and O–H groups in total. The number of amides is 2. The van der Waals surface area contributed by atoms with Gasteiger partial charge in [-0.15, -0.1) is 10.2 Å². The van der Waals surface area contributed by atoms with E-state index in [4.69, 9.17) is 15.2 Å². The number of likely N-dealkylation sites (tertiary alicyclic amines) is 1. The number of benzene rings is 8. The fourth-order valence-electron chi connectivity index (χ4n) is 15.6. The predicted molar refractivity (Wildman–Crippen MR) is 574 cm³/mol. The first kappa shape index (κ1) is 114. The van der Waals surface area contributed by atoms with Crippen LogP contribution in [0.4, 0.5) is 15.8 Å². The van der Waals surface area contributed by atoms with Gasteiger partial charge in [-0.1, -0.05) is 275 Å². The molecule has 0 bridgehead atoms. The Morgan fingerprint density at radius 1 is 0.515 bits per heavy atom. The molecule has 4 fully saturated rings. The van der Waals surface area contributed by atoms with E-state index in [0.29, 0.717) is 36.7 Å². The molecule has 14 rings (SSSR count). The fraction of sp³-hybridized carbons (Fsp3) is 0.522. The number of nitrogens with one attached hydrogen (secondary N) is 2. The van der Waals surface area contributed by atoms with Crippen LogP contribution in [0.2, 0.25) is 0 Å². The van der Waals surface area contributed by atoms with Crippen molar-refractivity contribution in [1.82, 2.24) is 45.3 Å². The summed E-state index contributed by atoms with van der Waals surface area (Å²) >= 11 is 0. The number of aromatic nitrogens is 6. The van der Waals surface area contributed by atoms with Crippen LogP contribution in [0, 0.1) is 12.7 Å². The Bertz CT molecular complexity index is 5550. The SMILES string of the molecule is CC(C)(C)c1cc(F)cc(Cn2ccnc2)c1.CC(C)(C)c1ccc(N2CCN(CCP(C)(C)=O)CC2)cc1.CC(C)(C)c1ccc(N2CCNCC2=O)cc1.CC(C)(C)c1cccc(-c2nn[nH]n2)c1.CC(C)(C)c1cccc(C(N)=O)c1.CC(C)(C)c1cccc(CP(C)(C)=O)c1.COc1cc(P(C)(C)=O)ccc1C(C)(C)C.Cc1cc(C(C)(C)C)ccc1OC1CCN(C2CC2)CC1. The molecule has 136 heavy (non-hydrogen) atoms. The molecule has 2 amide bonds. The number of tetrazole rings is 1. The number of ether oxygens (including phenoxy) is 2. The number of H-pyrrole nitrogens is 1. The fourth-order valence-corrected chi connectivity index (χ4v) is 18.3. The van der Waals surface area contributed by atoms with Gasteiger partial charge >= 0.3 is 0 Å². The maximum atomic E-state index is 13.6. The lowest BCUT2D eigenvalue weighted by Crippen LogP contribution is -2.48. The number of imidazole rings is 1. The van der Waals surface area contributed by atoms with E-state index in [1.165, 1.54) is 83.4 Å². The number of methoxy groups -OCH3 is 1. The molecule has 19 nitrogen and oxygen atoms in total. The van der Waals surface area contributed by atoms with E-state index in [1.54, 1.807) is 51.2 Å². The molecule has 0 radical (unpaired) electrons. The Kier molecular flexibility index (Phi) is 40.7. The van der Waals surface area contributed by atoms with E-state index in [9.17, 15) is 27.7 Å². The molecule has 0 atom stereocenters. The van der Waals surface area contributed by atoms with Crippen molar-refractivity contribution >= 4 is 49.9 Å². The number of rotatable bonds is 16. The Morgan fingerprint density at radius 2 is 1.03 bits per heavy atom. The second-order valence-electron chi connectivity index (χ2n) is 46.5. The first-order valence-corrected chi connectivity index (χ1v) is 56.7. The average molecular weight is 1920 g/mol. The molecule has 23 heteroatoms. The van der Waals surface area contributed by atoms with Gasteiger partial charge in [0, 0.05) is 124 Å². The molecule has 10 aromatic rings. The van der Waals surface area contributed by atoms with E-state index >= 15 is 0 Å². The van der Waals surface area contributed by atoms with E-state index in [1.807, 2.05) is 103 Å². The van der Waals surface area contributed by atoms with Crippen LogP contribution in [-0.2, 0) is 74.5 Å². The van der Waals surface area contributed by atoms with Crippen molar-refractivity contribution in [3.8, 4) is 22.9 Å². The molecule has 1 aliphatic carbocycles. The Labute approximate surface area is 818 Å². The van der Waals surface area contributed by atoms with Crippen LogP contribution in [0.5, 0.6) is 11.5 Å². The number of nitrogens with two attached hydrogens (primary N) is 1. The van der Waals surface area contributed by atoms with Crippen molar-refractivity contribution in [3.05, 3.63) is 267 Å². The zero-order valence-electron chi connectivity index (χ0n) is 88.8. The van der Waals surface area contributed by atoms with Crippen LogP contribution in [0.15, 0.2) is 195 Å². The monoisotopic (exact) mass is 1920 g/mol. The lowest BCUT2D eigenvalue weighted by molar-refractivity contribution is -0.118. The maximum absolute atomic E-state index is 13.6. The van der Waals surface area contributed by atoms with Crippen molar-refractivity contribution in [2.75, 3.05) is 129 Å². The predicted octanol–water partition coefficient (Wildman–Crippen LogP) is 24.9. The van der Waals surface area contributed by atoms with Gasteiger partial charge in [0.15, 0.2) is 0 Å². The van der Waals surface area contributed by atoms with Crippen LogP contribution in [0.1, 0.15) is 263 Å². The van der Waals surface area contributed by atoms with Crippen LogP contribution in [0.3, 0.4) is 0 Å². The normalized spacial score (nSPS) is 15.1. The largest absolute Gasteiger partial charge is 0.496 e. The summed E-state index contributed by atoms with van der Waals surface area (Å²) in [6.45, 7) is 75.8. The number of aromatic amines is 1. The van der Waals surface area contributed by atoms with Gasteiger partial charge < -0.3 is 53.5 Å². The van der Waals surface area contributed by atoms with Crippen molar-refractivity contribution in [2.45, 2.75) is 267 Å². The van der Waals surface area contributed by atoms with Gasteiger partial charge in [0.2, 0.25) is 17.6 Å². The third-order valence-electron chi connectivity index (χ3n) is 24.5. The standard InChI is InChI=1S/C19H29NO.C18H31N2OP.C14H17FN2.C14H20N2O.C13H21O2P.C13H21OP.C11H14N4.C11H15NO/c1-14-13-15(19(2,3)4)5-8-18(14)21-17-9-11-20(12-10-17)16-6-7-16;1-18(2,3)16-6-8-17(9-7-16)20-12-10-19(11-13-20)14-15-22(4,5)21;1-14(2,3)12-6-11(7-13(15)8-12)9-17-5-4-16-10-17;1-14(2,3)11-4-6-12(7-5-11)16-9-8-15-10-13(16)17;1-13(2,3)11-8-7-10(16(5,6)14)9-12(11)15-4;1-13(2,3)12-8-6-7-11(9-12)10-15(4,5)14;1-11(2,3)9-6-4-5-8(7-9)10-12-14-15-13-10;1-11(2,3)9-6-4-5-8(7-9)10(12)13/h5,8,13,16-17H,6-7,9-12H2,1-4H3;6-9H,10-15H2,1-5H3;4-8,10H,9H2,1-3H3;4-7,15H,8-10H2,1-3H3;7-9H,1-6H3;6-9H,10H2,1-5H3;4-7H,1-3H3,(H,12,13,14,15);4-7H,1-3H3,(H2,12,13). The number of piperidine rings is 1. The number of halogens is 1. The summed E-state index contributed by atoms with van der Waals surface area (Å²) < 4.78 is 62.7. The smallest absolute Gasteiger partial charge is 0.248 e. The molecule has 3 aliphatic heterocycles. The third-order valence-corrected chi connectivity index (χ3v) is 28.4.